The molecule has 1 rings (SSSR count). The molecule has 5 nitrogen and oxygen atoms in total. The second-order valence-corrected chi connectivity index (χ2v) is 4.61. The normalized spacial score (nSPS) is 12.3. The number of nitrogens with one attached hydrogen (secondary N) is 1. The number of carboxylic acids is 1. The molecule has 108 valence electrons. The number of hydrogen-bond donors (Lipinski definition) is 3. The van der Waals surface area contributed by atoms with Gasteiger partial charge in [-0.1, -0.05) is 23.8 Å². The summed E-state index contributed by atoms with van der Waals surface area (Å²) in [5.41, 5.74) is 3.08. The number of carboxylic acid groups (broad SMARTS) is 1. The zero-order chi connectivity index (χ0) is 15.1. The first-order valence-corrected chi connectivity index (χ1v) is 6.33. The zero-order valence-electron chi connectivity index (χ0n) is 11.6. The highest BCUT2D eigenvalue weighted by molar-refractivity contribution is 5.94. The van der Waals surface area contributed by atoms with Gasteiger partial charge < -0.3 is 15.5 Å². The number of benzene rings is 1. The van der Waals surface area contributed by atoms with E-state index in [0.29, 0.717) is 0 Å². The van der Waals surface area contributed by atoms with Crippen molar-refractivity contribution in [1.82, 2.24) is 5.32 Å². The second kappa shape index (κ2) is 7.45. The first-order valence-electron chi connectivity index (χ1n) is 6.33. The van der Waals surface area contributed by atoms with E-state index in [1.807, 2.05) is 32.0 Å². The van der Waals surface area contributed by atoms with Crippen LogP contribution >= 0.6 is 0 Å². The van der Waals surface area contributed by atoms with Crippen LogP contribution in [0.2, 0.25) is 0 Å². The van der Waals surface area contributed by atoms with E-state index in [0.717, 1.165) is 16.7 Å². The molecule has 1 amide bonds. The average molecular weight is 277 g/mol. The smallest absolute Gasteiger partial charge is 0.326 e. The van der Waals surface area contributed by atoms with Crippen LogP contribution in [0.5, 0.6) is 0 Å². The molecule has 0 aliphatic rings. The predicted octanol–water partition coefficient (Wildman–Crippen LogP) is 1.27. The number of carbonyl (C=O) groups excluding carboxylic acids is 1. The summed E-state index contributed by atoms with van der Waals surface area (Å²) < 4.78 is 0. The topological polar surface area (TPSA) is 86.6 Å². The minimum Gasteiger partial charge on any atom is -0.480 e. The van der Waals surface area contributed by atoms with Crippen molar-refractivity contribution in [3.63, 3.8) is 0 Å². The lowest BCUT2D eigenvalue weighted by Gasteiger charge is -2.11. The Labute approximate surface area is 117 Å². The molecule has 20 heavy (non-hydrogen) atoms. The summed E-state index contributed by atoms with van der Waals surface area (Å²) in [6, 6.07) is 4.77. The van der Waals surface area contributed by atoms with E-state index in [1.54, 1.807) is 6.08 Å². The third-order valence-corrected chi connectivity index (χ3v) is 2.87. The van der Waals surface area contributed by atoms with Gasteiger partial charge in [-0.15, -0.1) is 0 Å². The van der Waals surface area contributed by atoms with Gasteiger partial charge in [0.2, 0.25) is 5.91 Å². The Kier molecular flexibility index (Phi) is 5.93. The number of aliphatic hydroxyl groups excluding tert-OH is 1. The number of aliphatic carboxylic acids is 1. The van der Waals surface area contributed by atoms with E-state index in [2.05, 4.69) is 5.32 Å². The molecule has 0 saturated heterocycles. The molecule has 3 N–H and O–H groups in total. The van der Waals surface area contributed by atoms with Crippen molar-refractivity contribution in [2.45, 2.75) is 26.3 Å². The molecule has 0 aliphatic heterocycles. The molecule has 0 fully saturated rings. The number of carbonyl (C=O) groups is 2. The standard InChI is InChI=1S/C15H19NO4/c1-10-3-4-12(11(2)9-10)5-6-14(18)16-13(7-8-17)15(19)20/h3-6,9,13,17H,7-8H2,1-2H3,(H,16,18)(H,19,20). The van der Waals surface area contributed by atoms with Gasteiger partial charge in [0.15, 0.2) is 0 Å². The first kappa shape index (κ1) is 15.9. The number of aliphatic hydroxyl groups is 1. The van der Waals surface area contributed by atoms with Crippen LogP contribution in [-0.4, -0.2) is 34.7 Å². The van der Waals surface area contributed by atoms with Crippen molar-refractivity contribution in [3.8, 4) is 0 Å². The predicted molar refractivity (Wildman–Crippen MR) is 76.2 cm³/mol. The van der Waals surface area contributed by atoms with E-state index in [9.17, 15) is 9.59 Å². The molecule has 1 aromatic rings. The van der Waals surface area contributed by atoms with Crippen LogP contribution in [0.15, 0.2) is 24.3 Å². The van der Waals surface area contributed by atoms with Crippen molar-refractivity contribution in [3.05, 3.63) is 41.0 Å². The maximum Gasteiger partial charge on any atom is 0.326 e. The summed E-state index contributed by atoms with van der Waals surface area (Å²) in [4.78, 5) is 22.5. The second-order valence-electron chi connectivity index (χ2n) is 4.61. The molecular formula is C15H19NO4. The summed E-state index contributed by atoms with van der Waals surface area (Å²) in [7, 11) is 0. The molecule has 0 spiro atoms. The van der Waals surface area contributed by atoms with Crippen LogP contribution in [0.1, 0.15) is 23.1 Å². The molecule has 0 bridgehead atoms. The Bertz CT molecular complexity index is 523. The highest BCUT2D eigenvalue weighted by Gasteiger charge is 2.17. The first-order chi connectivity index (χ1) is 9.43. The van der Waals surface area contributed by atoms with Crippen LogP contribution in [-0.2, 0) is 9.59 Å². The summed E-state index contributed by atoms with van der Waals surface area (Å²) >= 11 is 0. The van der Waals surface area contributed by atoms with Crippen molar-refractivity contribution in [2.75, 3.05) is 6.61 Å². The molecule has 5 heteroatoms. The molecule has 0 radical (unpaired) electrons. The maximum atomic E-state index is 11.6. The fraction of sp³-hybridized carbons (Fsp3) is 0.333. The van der Waals surface area contributed by atoms with Crippen molar-refractivity contribution in [1.29, 1.82) is 0 Å². The quantitative estimate of drug-likeness (QED) is 0.683. The Hall–Kier alpha value is -2.14. The molecule has 0 aliphatic carbocycles. The van der Waals surface area contributed by atoms with Crippen LogP contribution in [0.3, 0.4) is 0 Å². The van der Waals surface area contributed by atoms with E-state index in [-0.39, 0.29) is 13.0 Å². The minimum atomic E-state index is -1.16. The Balaban J connectivity index is 2.69. The van der Waals surface area contributed by atoms with E-state index < -0.39 is 17.9 Å². The van der Waals surface area contributed by atoms with E-state index >= 15 is 0 Å². The van der Waals surface area contributed by atoms with Gasteiger partial charge in [-0.05, 0) is 31.1 Å². The van der Waals surface area contributed by atoms with Crippen LogP contribution in [0.4, 0.5) is 0 Å². The number of aryl methyl sites for hydroxylation is 2. The number of amides is 1. The Morgan fingerprint density at radius 1 is 1.35 bits per heavy atom. The molecule has 0 saturated carbocycles. The third kappa shape index (κ3) is 4.85. The molecule has 1 atom stereocenters. The van der Waals surface area contributed by atoms with Crippen molar-refractivity contribution >= 4 is 18.0 Å². The third-order valence-electron chi connectivity index (χ3n) is 2.87. The Morgan fingerprint density at radius 3 is 2.60 bits per heavy atom. The van der Waals surface area contributed by atoms with Gasteiger partial charge >= 0.3 is 5.97 Å². The molecule has 1 unspecified atom stereocenters. The van der Waals surface area contributed by atoms with Crippen LogP contribution in [0.25, 0.3) is 6.08 Å². The fourth-order valence-corrected chi connectivity index (χ4v) is 1.78. The maximum absolute atomic E-state index is 11.6. The lowest BCUT2D eigenvalue weighted by Crippen LogP contribution is -2.40. The van der Waals surface area contributed by atoms with Gasteiger partial charge in [0.25, 0.3) is 0 Å². The van der Waals surface area contributed by atoms with Crippen molar-refractivity contribution < 1.29 is 19.8 Å². The van der Waals surface area contributed by atoms with Crippen LogP contribution < -0.4 is 5.32 Å². The van der Waals surface area contributed by atoms with Gasteiger partial charge in [0, 0.05) is 19.1 Å². The monoisotopic (exact) mass is 277 g/mol. The highest BCUT2D eigenvalue weighted by atomic mass is 16.4. The Morgan fingerprint density at radius 2 is 2.05 bits per heavy atom. The van der Waals surface area contributed by atoms with Crippen LogP contribution in [0, 0.1) is 13.8 Å². The summed E-state index contributed by atoms with van der Waals surface area (Å²) in [5.74, 6) is -1.65. The fourth-order valence-electron chi connectivity index (χ4n) is 1.78. The lowest BCUT2D eigenvalue weighted by atomic mass is 10.1. The van der Waals surface area contributed by atoms with Gasteiger partial charge in [-0.3, -0.25) is 4.79 Å². The number of rotatable bonds is 6. The summed E-state index contributed by atoms with van der Waals surface area (Å²) in [5, 5.41) is 19.9. The van der Waals surface area contributed by atoms with E-state index in [4.69, 9.17) is 10.2 Å². The summed E-state index contributed by atoms with van der Waals surface area (Å²) in [6.45, 7) is 3.63. The number of hydrogen-bond acceptors (Lipinski definition) is 3. The molecule has 0 heterocycles. The van der Waals surface area contributed by atoms with Gasteiger partial charge in [-0.25, -0.2) is 4.79 Å². The minimum absolute atomic E-state index is 0.0154. The molecule has 1 aromatic carbocycles. The SMILES string of the molecule is Cc1ccc(C=CC(=O)NC(CCO)C(=O)O)c(C)c1. The molecule has 0 aromatic heterocycles. The summed E-state index contributed by atoms with van der Waals surface area (Å²) in [6.07, 6.45) is 2.92. The van der Waals surface area contributed by atoms with Crippen molar-refractivity contribution in [2.24, 2.45) is 0 Å². The average Bonchev–Trinajstić information content (AvgIpc) is 2.37. The largest absolute Gasteiger partial charge is 0.480 e. The molecular weight excluding hydrogens is 258 g/mol. The highest BCUT2D eigenvalue weighted by Crippen LogP contribution is 2.11. The van der Waals surface area contributed by atoms with Gasteiger partial charge in [0.05, 0.1) is 0 Å². The lowest BCUT2D eigenvalue weighted by molar-refractivity contribution is -0.141. The van der Waals surface area contributed by atoms with Gasteiger partial charge in [-0.2, -0.15) is 0 Å². The van der Waals surface area contributed by atoms with Gasteiger partial charge in [0.1, 0.15) is 6.04 Å². The zero-order valence-corrected chi connectivity index (χ0v) is 11.6. The van der Waals surface area contributed by atoms with E-state index in [1.165, 1.54) is 6.08 Å².